The summed E-state index contributed by atoms with van der Waals surface area (Å²) in [6.45, 7) is 20.8. The third kappa shape index (κ3) is 22.0. The van der Waals surface area contributed by atoms with Gasteiger partial charge in [-0.3, -0.25) is 28.8 Å². The first kappa shape index (κ1) is 78.8. The first-order valence-electron chi connectivity index (χ1n) is 39.4. The quantitative estimate of drug-likeness (QED) is 0.0210. The van der Waals surface area contributed by atoms with Gasteiger partial charge in [0.25, 0.3) is 0 Å². The SMILES string of the molecule is CCCCCCCCNC(=O)C[C@H](CCCCNC(=O)COCCOCCNC(=O)CCC(C)[C@H]1CCC2C3CC=C4C[C@@H](O)CC[C@]4(C)C3CC[C@@]21C)NC(=O)CCCNC(=O)COCCOCCNC(=O)CCC(C)[C@H]1CCC2C3CC=C4C[C@@H](O)CC[C@]4(C)C3CC[C@@]21C. The van der Waals surface area contributed by atoms with E-state index in [-0.39, 0.29) is 104 Å². The molecule has 0 heterocycles. The number of nitrogens with one attached hydrogen (secondary N) is 6. The zero-order valence-corrected chi connectivity index (χ0v) is 61.5. The number of unbranched alkanes of at least 4 members (excludes halogenated alkanes) is 6. The summed E-state index contributed by atoms with van der Waals surface area (Å²) in [7, 11) is 0. The van der Waals surface area contributed by atoms with Crippen molar-refractivity contribution >= 4 is 35.4 Å². The van der Waals surface area contributed by atoms with Gasteiger partial charge in [-0.15, -0.1) is 0 Å². The molecule has 18 nitrogen and oxygen atoms in total. The van der Waals surface area contributed by atoms with Gasteiger partial charge in [-0.05, 0) is 229 Å². The van der Waals surface area contributed by atoms with Crippen molar-refractivity contribution in [3.05, 3.63) is 23.3 Å². The topological polar surface area (TPSA) is 252 Å². The molecule has 6 saturated carbocycles. The van der Waals surface area contributed by atoms with E-state index in [1.807, 2.05) is 0 Å². The lowest BCUT2D eigenvalue weighted by Gasteiger charge is -2.58. The zero-order chi connectivity index (χ0) is 69.4. The second-order valence-electron chi connectivity index (χ2n) is 32.7. The largest absolute Gasteiger partial charge is 0.393 e. The number of rotatable bonds is 43. The predicted molar refractivity (Wildman–Crippen MR) is 381 cm³/mol. The number of aliphatic hydroxyl groups is 2. The number of fused-ring (bicyclic) bond motifs is 10. The molecule has 8 rings (SSSR count). The van der Waals surface area contributed by atoms with Crippen LogP contribution in [0.4, 0.5) is 0 Å². The zero-order valence-electron chi connectivity index (χ0n) is 61.5. The summed E-state index contributed by atoms with van der Waals surface area (Å²) in [6.07, 6.45) is 35.3. The van der Waals surface area contributed by atoms with Gasteiger partial charge in [0.05, 0.1) is 51.8 Å². The van der Waals surface area contributed by atoms with E-state index in [2.05, 4.69) is 92.5 Å². The van der Waals surface area contributed by atoms with E-state index in [9.17, 15) is 39.0 Å². The third-order valence-corrected chi connectivity index (χ3v) is 26.5. The predicted octanol–water partition coefficient (Wildman–Crippen LogP) is 11.5. The van der Waals surface area contributed by atoms with Crippen LogP contribution in [0.5, 0.6) is 0 Å². The Hall–Kier alpha value is -3.94. The van der Waals surface area contributed by atoms with Crippen LogP contribution in [-0.2, 0) is 47.7 Å². The molecule has 6 fully saturated rings. The lowest BCUT2D eigenvalue weighted by atomic mass is 9.47. The Labute approximate surface area is 584 Å². The summed E-state index contributed by atoms with van der Waals surface area (Å²) >= 11 is 0. The summed E-state index contributed by atoms with van der Waals surface area (Å²) < 4.78 is 22.5. The smallest absolute Gasteiger partial charge is 0.245 e. The molecule has 0 radical (unpaired) electrons. The minimum absolute atomic E-state index is 0.0585. The van der Waals surface area contributed by atoms with Crippen molar-refractivity contribution in [3.8, 4) is 0 Å². The van der Waals surface area contributed by atoms with E-state index in [1.54, 1.807) is 0 Å². The molecule has 0 saturated heterocycles. The van der Waals surface area contributed by atoms with Crippen molar-refractivity contribution in [2.75, 3.05) is 85.6 Å². The van der Waals surface area contributed by atoms with E-state index in [0.717, 1.165) is 106 Å². The first-order chi connectivity index (χ1) is 46.7. The minimum atomic E-state index is -0.375. The van der Waals surface area contributed by atoms with Crippen molar-refractivity contribution in [2.24, 2.45) is 80.8 Å². The molecule has 0 aromatic rings. The van der Waals surface area contributed by atoms with Gasteiger partial charge in [-0.2, -0.15) is 0 Å². The normalized spacial score (nSPS) is 31.8. The van der Waals surface area contributed by atoms with Gasteiger partial charge >= 0.3 is 0 Å². The molecule has 0 spiro atoms. The van der Waals surface area contributed by atoms with Crippen LogP contribution in [0.2, 0.25) is 0 Å². The molecule has 17 atom stereocenters. The molecular weight excluding hydrogens is 1220 g/mol. The van der Waals surface area contributed by atoms with E-state index in [4.69, 9.17) is 18.9 Å². The van der Waals surface area contributed by atoms with Crippen molar-refractivity contribution in [2.45, 2.75) is 272 Å². The molecule has 0 aromatic heterocycles. The van der Waals surface area contributed by atoms with E-state index in [0.29, 0.717) is 132 Å². The van der Waals surface area contributed by atoms with Crippen LogP contribution >= 0.6 is 0 Å². The van der Waals surface area contributed by atoms with Crippen molar-refractivity contribution in [3.63, 3.8) is 0 Å². The summed E-state index contributed by atoms with van der Waals surface area (Å²) in [5, 5.41) is 38.7. The molecule has 552 valence electrons. The number of carbonyl (C=O) groups is 6. The Morgan fingerprint density at radius 1 is 0.454 bits per heavy atom. The van der Waals surface area contributed by atoms with E-state index >= 15 is 0 Å². The lowest BCUT2D eigenvalue weighted by molar-refractivity contribution is -0.127. The van der Waals surface area contributed by atoms with Crippen LogP contribution in [0.25, 0.3) is 0 Å². The molecule has 0 bridgehead atoms. The number of hydrogen-bond donors (Lipinski definition) is 8. The Balaban J connectivity index is 0.607. The van der Waals surface area contributed by atoms with Crippen LogP contribution < -0.4 is 31.9 Å². The average molecular weight is 1360 g/mol. The van der Waals surface area contributed by atoms with Crippen LogP contribution in [0.15, 0.2) is 23.3 Å². The molecule has 8 N–H and O–H groups in total. The Bertz CT molecular complexity index is 2570. The van der Waals surface area contributed by atoms with Gasteiger partial charge in [0.1, 0.15) is 13.2 Å². The van der Waals surface area contributed by atoms with Gasteiger partial charge < -0.3 is 61.1 Å². The third-order valence-electron chi connectivity index (χ3n) is 26.5. The van der Waals surface area contributed by atoms with Crippen molar-refractivity contribution < 1.29 is 57.9 Å². The Morgan fingerprint density at radius 3 is 1.40 bits per heavy atom. The number of ether oxygens (including phenoxy) is 4. The Kier molecular flexibility index (Phi) is 31.6. The summed E-state index contributed by atoms with van der Waals surface area (Å²) in [4.78, 5) is 77.1. The van der Waals surface area contributed by atoms with Crippen LogP contribution in [0.3, 0.4) is 0 Å². The maximum absolute atomic E-state index is 13.1. The molecule has 97 heavy (non-hydrogen) atoms. The number of carbonyl (C=O) groups excluding carboxylic acids is 6. The van der Waals surface area contributed by atoms with E-state index < -0.39 is 0 Å². The van der Waals surface area contributed by atoms with Crippen molar-refractivity contribution in [1.29, 1.82) is 0 Å². The fraction of sp³-hybridized carbons (Fsp3) is 0.873. The van der Waals surface area contributed by atoms with Gasteiger partial charge in [0.15, 0.2) is 0 Å². The second-order valence-corrected chi connectivity index (χ2v) is 32.7. The maximum atomic E-state index is 13.1. The number of amides is 6. The highest BCUT2D eigenvalue weighted by Crippen LogP contribution is 2.69. The molecule has 8 unspecified atom stereocenters. The van der Waals surface area contributed by atoms with E-state index in [1.165, 1.54) is 94.6 Å². The average Bonchev–Trinajstić information content (AvgIpc) is 1.71. The van der Waals surface area contributed by atoms with Crippen LogP contribution in [-0.4, -0.2) is 149 Å². The molecule has 18 heteroatoms. The lowest BCUT2D eigenvalue weighted by Crippen LogP contribution is -2.50. The molecule has 0 aliphatic heterocycles. The van der Waals surface area contributed by atoms with Gasteiger partial charge in [0.2, 0.25) is 35.4 Å². The summed E-state index contributed by atoms with van der Waals surface area (Å²) in [5.41, 5.74) is 4.23. The molecule has 6 amide bonds. The highest BCUT2D eigenvalue weighted by Gasteiger charge is 2.61. The highest BCUT2D eigenvalue weighted by molar-refractivity contribution is 5.80. The standard InChI is InChI=1S/C79H134N6O12/c1-8-9-10-11-12-14-39-80-73(91)52-59(17-13-15-40-81-74(92)53-96-48-46-94-44-42-83-70(88)29-19-55(2)64-25-27-66-62-23-21-57-50-60(86)31-35-76(57,4)68(62)33-37-78(64,66)6)85-72(90)18-16-41-82-75(93)54-97-49-47-95-45-43-84-71(89)30-20-56(3)65-26-28-67-63-24-22-58-51-61(87)32-36-77(58,5)69(63)34-38-79(65,67)7/h21-22,55-56,59-69,86-87H,8-20,23-54H2,1-7H3,(H,80,91)(H,81,92)(H,82,93)(H,83,88)(H,84,89)(H,85,90)/t55?,56?,59-,60-,61-,62?,63?,64+,65+,66?,67?,68?,69?,76-,77-,78+,79+/m0/s1. The van der Waals surface area contributed by atoms with Crippen LogP contribution in [0.1, 0.15) is 254 Å². The Morgan fingerprint density at radius 2 is 0.897 bits per heavy atom. The maximum Gasteiger partial charge on any atom is 0.245 e. The molecular formula is C79H134N6O12. The highest BCUT2D eigenvalue weighted by atomic mass is 16.5. The number of aliphatic hydroxyl groups excluding tert-OH is 2. The molecule has 0 aromatic carbocycles. The summed E-state index contributed by atoms with van der Waals surface area (Å²) in [5.74, 6) is 6.00. The van der Waals surface area contributed by atoms with Gasteiger partial charge in [-0.25, -0.2) is 0 Å². The minimum Gasteiger partial charge on any atom is -0.393 e. The first-order valence-corrected chi connectivity index (χ1v) is 39.4. The second kappa shape index (κ2) is 38.9. The van der Waals surface area contributed by atoms with Gasteiger partial charge in [0, 0.05) is 64.4 Å². The number of allylic oxidation sites excluding steroid dienone is 2. The number of hydrogen-bond acceptors (Lipinski definition) is 12. The van der Waals surface area contributed by atoms with Crippen LogP contribution in [0, 0.1) is 80.8 Å². The summed E-state index contributed by atoms with van der Waals surface area (Å²) in [6, 6.07) is -0.375. The monoisotopic (exact) mass is 1360 g/mol. The van der Waals surface area contributed by atoms with Crippen molar-refractivity contribution in [1.82, 2.24) is 31.9 Å². The molecule has 8 aliphatic carbocycles. The fourth-order valence-electron chi connectivity index (χ4n) is 21.1. The molecule has 8 aliphatic rings. The van der Waals surface area contributed by atoms with Gasteiger partial charge in [-0.1, -0.05) is 104 Å². The fourth-order valence-corrected chi connectivity index (χ4v) is 21.1.